The minimum absolute atomic E-state index is 0.169. The summed E-state index contributed by atoms with van der Waals surface area (Å²) in [6, 6.07) is 5.02. The van der Waals surface area contributed by atoms with Crippen LogP contribution in [0.1, 0.15) is 26.3 Å². The SMILES string of the molecule is CC(C)C(C)CNCc1cc(Br)ccc1[N+](=O)[O-]. The van der Waals surface area contributed by atoms with E-state index in [0.717, 1.165) is 11.0 Å². The summed E-state index contributed by atoms with van der Waals surface area (Å²) in [5.74, 6) is 1.16. The molecule has 0 bridgehead atoms. The number of rotatable bonds is 6. The van der Waals surface area contributed by atoms with E-state index in [1.54, 1.807) is 12.1 Å². The molecule has 1 N–H and O–H groups in total. The van der Waals surface area contributed by atoms with Crippen molar-refractivity contribution < 1.29 is 4.92 Å². The van der Waals surface area contributed by atoms with Gasteiger partial charge in [-0.2, -0.15) is 0 Å². The minimum Gasteiger partial charge on any atom is -0.312 e. The Bertz CT molecular complexity index is 421. The largest absolute Gasteiger partial charge is 0.312 e. The first-order valence-corrected chi connectivity index (χ1v) is 6.84. The van der Waals surface area contributed by atoms with Gasteiger partial charge in [0, 0.05) is 22.6 Å². The number of halogens is 1. The highest BCUT2D eigenvalue weighted by molar-refractivity contribution is 9.10. The Balaban J connectivity index is 2.66. The van der Waals surface area contributed by atoms with Crippen LogP contribution < -0.4 is 5.32 Å². The van der Waals surface area contributed by atoms with Crippen molar-refractivity contribution in [3.05, 3.63) is 38.3 Å². The molecule has 0 aromatic heterocycles. The molecule has 1 aromatic rings. The highest BCUT2D eigenvalue weighted by Gasteiger charge is 2.14. The molecule has 0 heterocycles. The predicted molar refractivity (Wildman–Crippen MR) is 76.5 cm³/mol. The molecule has 100 valence electrons. The number of benzene rings is 1. The van der Waals surface area contributed by atoms with E-state index in [4.69, 9.17) is 0 Å². The van der Waals surface area contributed by atoms with Crippen molar-refractivity contribution in [1.82, 2.24) is 5.32 Å². The first-order valence-electron chi connectivity index (χ1n) is 6.05. The van der Waals surface area contributed by atoms with Crippen LogP contribution in [0.3, 0.4) is 0 Å². The van der Waals surface area contributed by atoms with Crippen LogP contribution in [0.25, 0.3) is 0 Å². The highest BCUT2D eigenvalue weighted by Crippen LogP contribution is 2.23. The van der Waals surface area contributed by atoms with Gasteiger partial charge in [0.2, 0.25) is 0 Å². The number of nitro benzene ring substituents is 1. The molecule has 0 fully saturated rings. The van der Waals surface area contributed by atoms with E-state index < -0.39 is 0 Å². The second kappa shape index (κ2) is 6.85. The fourth-order valence-corrected chi connectivity index (χ4v) is 1.95. The molecule has 4 nitrogen and oxygen atoms in total. The maximum Gasteiger partial charge on any atom is 0.273 e. The standard InChI is InChI=1S/C13H19BrN2O2/c1-9(2)10(3)7-15-8-11-6-12(14)4-5-13(11)16(17)18/h4-6,9-10,15H,7-8H2,1-3H3. The zero-order valence-electron chi connectivity index (χ0n) is 10.9. The predicted octanol–water partition coefficient (Wildman–Crippen LogP) is 3.74. The van der Waals surface area contributed by atoms with E-state index in [1.807, 2.05) is 0 Å². The molecule has 0 saturated heterocycles. The quantitative estimate of drug-likeness (QED) is 0.643. The van der Waals surface area contributed by atoms with Gasteiger partial charge in [-0.3, -0.25) is 10.1 Å². The molecular formula is C13H19BrN2O2. The lowest BCUT2D eigenvalue weighted by Crippen LogP contribution is -2.24. The van der Waals surface area contributed by atoms with Gasteiger partial charge in [-0.05, 0) is 30.5 Å². The van der Waals surface area contributed by atoms with Crippen LogP contribution in [0.4, 0.5) is 5.69 Å². The summed E-state index contributed by atoms with van der Waals surface area (Å²) < 4.78 is 0.863. The van der Waals surface area contributed by atoms with Gasteiger partial charge < -0.3 is 5.32 Å². The van der Waals surface area contributed by atoms with Crippen molar-refractivity contribution in [2.24, 2.45) is 11.8 Å². The Hall–Kier alpha value is -0.940. The Morgan fingerprint density at radius 1 is 1.39 bits per heavy atom. The summed E-state index contributed by atoms with van der Waals surface area (Å²) in [6.07, 6.45) is 0. The van der Waals surface area contributed by atoms with E-state index in [0.29, 0.717) is 23.9 Å². The average molecular weight is 315 g/mol. The molecule has 1 unspecified atom stereocenters. The van der Waals surface area contributed by atoms with Crippen LogP contribution >= 0.6 is 15.9 Å². The third-order valence-electron chi connectivity index (χ3n) is 3.16. The van der Waals surface area contributed by atoms with Gasteiger partial charge in [0.1, 0.15) is 0 Å². The van der Waals surface area contributed by atoms with Gasteiger partial charge in [0.25, 0.3) is 5.69 Å². The van der Waals surface area contributed by atoms with Crippen LogP contribution in [0.15, 0.2) is 22.7 Å². The van der Waals surface area contributed by atoms with Crippen molar-refractivity contribution in [1.29, 1.82) is 0 Å². The van der Waals surface area contributed by atoms with Crippen LogP contribution in [0.2, 0.25) is 0 Å². The zero-order valence-corrected chi connectivity index (χ0v) is 12.5. The Kier molecular flexibility index (Phi) is 5.75. The van der Waals surface area contributed by atoms with Crippen LogP contribution in [0, 0.1) is 22.0 Å². The molecule has 5 heteroatoms. The lowest BCUT2D eigenvalue weighted by atomic mass is 9.98. The maximum atomic E-state index is 10.9. The van der Waals surface area contributed by atoms with Crippen LogP contribution in [-0.4, -0.2) is 11.5 Å². The number of nitrogens with one attached hydrogen (secondary N) is 1. The van der Waals surface area contributed by atoms with Gasteiger partial charge in [0.15, 0.2) is 0 Å². The number of nitrogens with zero attached hydrogens (tertiary/aromatic N) is 1. The molecule has 0 amide bonds. The maximum absolute atomic E-state index is 10.9. The van der Waals surface area contributed by atoms with E-state index in [2.05, 4.69) is 42.0 Å². The van der Waals surface area contributed by atoms with E-state index in [-0.39, 0.29) is 10.6 Å². The average Bonchev–Trinajstić information content (AvgIpc) is 2.28. The van der Waals surface area contributed by atoms with Crippen molar-refractivity contribution in [3.8, 4) is 0 Å². The fourth-order valence-electron chi connectivity index (χ4n) is 1.54. The monoisotopic (exact) mass is 314 g/mol. The number of hydrogen-bond acceptors (Lipinski definition) is 3. The Morgan fingerprint density at radius 3 is 2.61 bits per heavy atom. The normalized spacial score (nSPS) is 12.7. The summed E-state index contributed by atoms with van der Waals surface area (Å²) in [6.45, 7) is 7.91. The van der Waals surface area contributed by atoms with Crippen molar-refractivity contribution >= 4 is 21.6 Å². The van der Waals surface area contributed by atoms with Crippen molar-refractivity contribution in [2.45, 2.75) is 27.3 Å². The van der Waals surface area contributed by atoms with Crippen LogP contribution in [0.5, 0.6) is 0 Å². The molecular weight excluding hydrogens is 296 g/mol. The molecule has 0 saturated carbocycles. The molecule has 1 rings (SSSR count). The first kappa shape index (κ1) is 15.1. The van der Waals surface area contributed by atoms with E-state index in [9.17, 15) is 10.1 Å². The van der Waals surface area contributed by atoms with Gasteiger partial charge in [-0.1, -0.05) is 36.7 Å². The lowest BCUT2D eigenvalue weighted by molar-refractivity contribution is -0.385. The Labute approximate surface area is 116 Å². The lowest BCUT2D eigenvalue weighted by Gasteiger charge is -2.16. The van der Waals surface area contributed by atoms with Gasteiger partial charge in [-0.25, -0.2) is 0 Å². The summed E-state index contributed by atoms with van der Waals surface area (Å²) in [5, 5.41) is 14.2. The van der Waals surface area contributed by atoms with E-state index >= 15 is 0 Å². The Morgan fingerprint density at radius 2 is 2.06 bits per heavy atom. The molecule has 0 aliphatic heterocycles. The zero-order chi connectivity index (χ0) is 13.7. The topological polar surface area (TPSA) is 55.2 Å². The van der Waals surface area contributed by atoms with Crippen LogP contribution in [-0.2, 0) is 6.54 Å². The third-order valence-corrected chi connectivity index (χ3v) is 3.65. The molecule has 1 aromatic carbocycles. The molecule has 18 heavy (non-hydrogen) atoms. The van der Waals surface area contributed by atoms with E-state index in [1.165, 1.54) is 6.07 Å². The highest BCUT2D eigenvalue weighted by atomic mass is 79.9. The smallest absolute Gasteiger partial charge is 0.273 e. The number of nitro groups is 1. The summed E-state index contributed by atoms with van der Waals surface area (Å²) in [5.41, 5.74) is 0.883. The third kappa shape index (κ3) is 4.38. The first-order chi connectivity index (χ1) is 8.41. The van der Waals surface area contributed by atoms with Crippen molar-refractivity contribution in [2.75, 3.05) is 6.54 Å². The molecule has 1 atom stereocenters. The molecule has 0 aliphatic carbocycles. The summed E-state index contributed by atoms with van der Waals surface area (Å²) >= 11 is 3.34. The summed E-state index contributed by atoms with van der Waals surface area (Å²) in [4.78, 5) is 10.6. The molecule has 0 radical (unpaired) electrons. The second-order valence-corrected chi connectivity index (χ2v) is 5.80. The fraction of sp³-hybridized carbons (Fsp3) is 0.538. The van der Waals surface area contributed by atoms with Gasteiger partial charge in [-0.15, -0.1) is 0 Å². The number of hydrogen-bond donors (Lipinski definition) is 1. The van der Waals surface area contributed by atoms with Gasteiger partial charge >= 0.3 is 0 Å². The van der Waals surface area contributed by atoms with Crippen molar-refractivity contribution in [3.63, 3.8) is 0 Å². The molecule has 0 aliphatic rings. The minimum atomic E-state index is -0.338. The molecule has 0 spiro atoms. The second-order valence-electron chi connectivity index (χ2n) is 4.88. The summed E-state index contributed by atoms with van der Waals surface area (Å²) in [7, 11) is 0. The van der Waals surface area contributed by atoms with Gasteiger partial charge in [0.05, 0.1) is 4.92 Å².